The van der Waals surface area contributed by atoms with Crippen LogP contribution in [0.2, 0.25) is 0 Å². The van der Waals surface area contributed by atoms with E-state index in [0.29, 0.717) is 0 Å². The fraction of sp³-hybridized carbons (Fsp3) is 0.357. The fourth-order valence-electron chi connectivity index (χ4n) is 2.02. The van der Waals surface area contributed by atoms with Gasteiger partial charge < -0.3 is 15.3 Å². The number of carbonyl (C=O) groups is 3. The quantitative estimate of drug-likeness (QED) is 0.481. The minimum atomic E-state index is -1.82. The first-order chi connectivity index (χ1) is 9.87. The Morgan fingerprint density at radius 2 is 1.95 bits per heavy atom. The van der Waals surface area contributed by atoms with Crippen LogP contribution in [0.3, 0.4) is 0 Å². The summed E-state index contributed by atoms with van der Waals surface area (Å²) in [6, 6.07) is 8.24. The first-order valence-electron chi connectivity index (χ1n) is 6.39. The van der Waals surface area contributed by atoms with Crippen LogP contribution >= 0.6 is 0 Å². The topological polar surface area (TPSA) is 98.9 Å². The van der Waals surface area contributed by atoms with Crippen LogP contribution in [0.25, 0.3) is 0 Å². The average molecular weight is 292 g/mol. The lowest BCUT2D eigenvalue weighted by Crippen LogP contribution is -2.80. The maximum absolute atomic E-state index is 12.0. The van der Waals surface area contributed by atoms with Gasteiger partial charge in [-0.15, -0.1) is 0 Å². The highest BCUT2D eigenvalue weighted by Crippen LogP contribution is 2.30. The van der Waals surface area contributed by atoms with Crippen molar-refractivity contribution in [3.8, 4) is 0 Å². The molecule has 21 heavy (non-hydrogen) atoms. The molecule has 0 aliphatic carbocycles. The van der Waals surface area contributed by atoms with Gasteiger partial charge in [0.2, 0.25) is 5.54 Å². The van der Waals surface area contributed by atoms with Crippen LogP contribution < -0.4 is 5.73 Å². The molecule has 0 spiro atoms. The Bertz CT molecular complexity index is 574. The molecule has 2 N–H and O–H groups in total. The normalized spacial score (nSPS) is 24.2. The summed E-state index contributed by atoms with van der Waals surface area (Å²) in [4.78, 5) is 39.5. The molecule has 0 bridgehead atoms. The lowest BCUT2D eigenvalue weighted by Gasteiger charge is -2.47. The third-order valence-electron chi connectivity index (χ3n) is 3.34. The zero-order valence-electron chi connectivity index (χ0n) is 11.7. The number of benzene rings is 1. The third kappa shape index (κ3) is 2.59. The minimum Gasteiger partial charge on any atom is -0.459 e. The summed E-state index contributed by atoms with van der Waals surface area (Å²) in [7, 11) is 0. The predicted octanol–water partition coefficient (Wildman–Crippen LogP) is 0.136. The Morgan fingerprint density at radius 3 is 2.48 bits per heavy atom. The van der Waals surface area contributed by atoms with Crippen molar-refractivity contribution in [3.05, 3.63) is 35.9 Å². The molecule has 1 aromatic rings. The predicted molar refractivity (Wildman–Crippen MR) is 71.2 cm³/mol. The molecule has 2 atom stereocenters. The number of rotatable bonds is 4. The van der Waals surface area contributed by atoms with Gasteiger partial charge in [0.15, 0.2) is 0 Å². The van der Waals surface area contributed by atoms with E-state index in [4.69, 9.17) is 10.5 Å². The van der Waals surface area contributed by atoms with Crippen molar-refractivity contribution in [3.63, 3.8) is 0 Å². The van der Waals surface area contributed by atoms with Gasteiger partial charge in [0.05, 0.1) is 0 Å². The number of hydrogen-bond acceptors (Lipinski definition) is 6. The molecule has 112 valence electrons. The van der Waals surface area contributed by atoms with E-state index in [1.807, 2.05) is 6.07 Å². The summed E-state index contributed by atoms with van der Waals surface area (Å²) in [5.41, 5.74) is 4.77. The number of esters is 1. The Kier molecular flexibility index (Phi) is 3.95. The molecular formula is C14H16N2O5. The number of carbonyl (C=O) groups excluding carboxylic acids is 3. The van der Waals surface area contributed by atoms with Gasteiger partial charge in [0.1, 0.15) is 12.6 Å². The van der Waals surface area contributed by atoms with E-state index < -0.39 is 29.4 Å². The highest BCUT2D eigenvalue weighted by Gasteiger charge is 2.64. The summed E-state index contributed by atoms with van der Waals surface area (Å²) in [6.45, 7) is 2.69. The Labute approximate surface area is 121 Å². The summed E-state index contributed by atoms with van der Waals surface area (Å²) < 4.78 is 5.08. The van der Waals surface area contributed by atoms with Crippen molar-refractivity contribution in [2.45, 2.75) is 32.0 Å². The van der Waals surface area contributed by atoms with Crippen molar-refractivity contribution >= 4 is 17.8 Å². The lowest BCUT2D eigenvalue weighted by atomic mass is 9.83. The number of nitrogens with zero attached hydrogens (tertiary/aromatic N) is 1. The molecule has 0 aromatic heterocycles. The van der Waals surface area contributed by atoms with E-state index in [-0.39, 0.29) is 6.61 Å². The second kappa shape index (κ2) is 5.53. The average Bonchev–Trinajstić information content (AvgIpc) is 2.49. The van der Waals surface area contributed by atoms with Crippen LogP contribution in [0, 0.1) is 0 Å². The zero-order chi connectivity index (χ0) is 15.6. The van der Waals surface area contributed by atoms with E-state index >= 15 is 0 Å². The second-order valence-corrected chi connectivity index (χ2v) is 4.82. The van der Waals surface area contributed by atoms with Crippen LogP contribution in [0.15, 0.2) is 30.3 Å². The molecule has 2 unspecified atom stereocenters. The van der Waals surface area contributed by atoms with Gasteiger partial charge >= 0.3 is 11.9 Å². The van der Waals surface area contributed by atoms with Crippen LogP contribution in [0.4, 0.5) is 0 Å². The van der Waals surface area contributed by atoms with Gasteiger partial charge in [-0.05, 0) is 12.5 Å². The van der Waals surface area contributed by atoms with Gasteiger partial charge in [-0.2, -0.15) is 5.06 Å². The van der Waals surface area contributed by atoms with Gasteiger partial charge in [0.25, 0.3) is 5.91 Å². The first kappa shape index (κ1) is 15.0. The number of nitrogens with two attached hydrogens (primary N) is 1. The van der Waals surface area contributed by atoms with E-state index in [2.05, 4.69) is 4.84 Å². The zero-order valence-corrected chi connectivity index (χ0v) is 11.7. The summed E-state index contributed by atoms with van der Waals surface area (Å²) in [5, 5.41) is 0.784. The molecule has 1 fully saturated rings. The number of ether oxygens (including phenoxy) is 1. The Hall–Kier alpha value is -2.41. The molecule has 0 saturated carbocycles. The van der Waals surface area contributed by atoms with Crippen molar-refractivity contribution in [2.75, 3.05) is 0 Å². The van der Waals surface area contributed by atoms with Crippen molar-refractivity contribution < 1.29 is 24.0 Å². The standard InChI is InChI=1S/C14H16N2O5/c1-9-14(15,12(18)16(9)21-10(2)17)13(19)20-8-11-6-4-3-5-7-11/h3-7,9H,8,15H2,1-2H3. The maximum Gasteiger partial charge on any atom is 0.338 e. The van der Waals surface area contributed by atoms with Crippen LogP contribution in [0.5, 0.6) is 0 Å². The molecule has 2 rings (SSSR count). The molecule has 1 heterocycles. The smallest absolute Gasteiger partial charge is 0.338 e. The summed E-state index contributed by atoms with van der Waals surface area (Å²) in [5.74, 6) is -2.29. The van der Waals surface area contributed by atoms with Gasteiger partial charge in [0, 0.05) is 6.92 Å². The van der Waals surface area contributed by atoms with Crippen molar-refractivity contribution in [2.24, 2.45) is 5.73 Å². The molecule has 1 aromatic carbocycles. The third-order valence-corrected chi connectivity index (χ3v) is 3.34. The van der Waals surface area contributed by atoms with Gasteiger partial charge in [-0.25, -0.2) is 4.79 Å². The number of β-lactam (4-membered cyclic amide) rings is 1. The molecule has 1 amide bonds. The maximum atomic E-state index is 12.0. The molecule has 0 radical (unpaired) electrons. The minimum absolute atomic E-state index is 0.0200. The first-order valence-corrected chi connectivity index (χ1v) is 6.39. The van der Waals surface area contributed by atoms with Crippen LogP contribution in [-0.4, -0.2) is 34.5 Å². The highest BCUT2D eigenvalue weighted by molar-refractivity contribution is 6.12. The van der Waals surface area contributed by atoms with Gasteiger partial charge in [-0.1, -0.05) is 30.3 Å². The van der Waals surface area contributed by atoms with E-state index in [9.17, 15) is 14.4 Å². The highest BCUT2D eigenvalue weighted by atomic mass is 16.7. The Balaban J connectivity index is 1.99. The molecule has 1 saturated heterocycles. The lowest BCUT2D eigenvalue weighted by molar-refractivity contribution is -0.241. The van der Waals surface area contributed by atoms with Crippen LogP contribution in [-0.2, 0) is 30.6 Å². The molecular weight excluding hydrogens is 276 g/mol. The van der Waals surface area contributed by atoms with Gasteiger partial charge in [-0.3, -0.25) is 9.59 Å². The van der Waals surface area contributed by atoms with E-state index in [1.54, 1.807) is 24.3 Å². The second-order valence-electron chi connectivity index (χ2n) is 4.82. The van der Waals surface area contributed by atoms with Crippen molar-refractivity contribution in [1.29, 1.82) is 0 Å². The monoisotopic (exact) mass is 292 g/mol. The Morgan fingerprint density at radius 1 is 1.33 bits per heavy atom. The molecule has 7 heteroatoms. The van der Waals surface area contributed by atoms with E-state index in [0.717, 1.165) is 17.6 Å². The van der Waals surface area contributed by atoms with Crippen LogP contribution in [0.1, 0.15) is 19.4 Å². The SMILES string of the molecule is CC(=O)ON1C(=O)C(N)(C(=O)OCc2ccccc2)C1C. The molecule has 1 aliphatic heterocycles. The summed E-state index contributed by atoms with van der Waals surface area (Å²) in [6.07, 6.45) is 0. The summed E-state index contributed by atoms with van der Waals surface area (Å²) >= 11 is 0. The van der Waals surface area contributed by atoms with Crippen molar-refractivity contribution in [1.82, 2.24) is 5.06 Å². The fourth-order valence-corrected chi connectivity index (χ4v) is 2.02. The molecule has 7 nitrogen and oxygen atoms in total. The molecule has 1 aliphatic rings. The number of amides is 1. The number of hydrogen-bond donors (Lipinski definition) is 1. The number of hydroxylamine groups is 2. The largest absolute Gasteiger partial charge is 0.459 e. The van der Waals surface area contributed by atoms with E-state index in [1.165, 1.54) is 6.92 Å².